The van der Waals surface area contributed by atoms with Crippen molar-refractivity contribution in [3.63, 3.8) is 0 Å². The number of aromatic hydroxyl groups is 1. The Balaban J connectivity index is 2.50. The van der Waals surface area contributed by atoms with Gasteiger partial charge in [-0.15, -0.1) is 0 Å². The van der Waals surface area contributed by atoms with Gasteiger partial charge in [0.25, 0.3) is 5.91 Å². The summed E-state index contributed by atoms with van der Waals surface area (Å²) in [6, 6.07) is 10.4. The minimum absolute atomic E-state index is 0.0561. The van der Waals surface area contributed by atoms with E-state index in [1.807, 2.05) is 31.4 Å². The molecule has 37 heavy (non-hydrogen) atoms. The molecular formula is C28H39N3O5S. The molecule has 0 fully saturated rings. The highest BCUT2D eigenvalue weighted by molar-refractivity contribution is 7.98. The van der Waals surface area contributed by atoms with Crippen LogP contribution >= 0.6 is 11.8 Å². The van der Waals surface area contributed by atoms with Crippen molar-refractivity contribution in [2.24, 2.45) is 0 Å². The third-order valence-corrected chi connectivity index (χ3v) is 6.39. The minimum Gasteiger partial charge on any atom is -0.507 e. The number of para-hydroxylation sites is 2. The summed E-state index contributed by atoms with van der Waals surface area (Å²) >= 11 is 1.54. The Hall–Kier alpha value is -3.20. The molecule has 0 aliphatic carbocycles. The van der Waals surface area contributed by atoms with Crippen molar-refractivity contribution in [3.8, 4) is 5.75 Å². The third-order valence-electron chi connectivity index (χ3n) is 5.75. The molecule has 0 bridgehead atoms. The first-order valence-electron chi connectivity index (χ1n) is 12.3. The van der Waals surface area contributed by atoms with Gasteiger partial charge in [-0.1, -0.05) is 36.4 Å². The number of likely N-dealkylation sites (N-methyl/N-ethyl adjacent to an activating group) is 1. The Morgan fingerprint density at radius 1 is 1.05 bits per heavy atom. The lowest BCUT2D eigenvalue weighted by atomic mass is 9.98. The van der Waals surface area contributed by atoms with Crippen molar-refractivity contribution in [2.75, 3.05) is 23.9 Å². The van der Waals surface area contributed by atoms with Gasteiger partial charge >= 0.3 is 6.09 Å². The number of aryl methyl sites for hydroxylation is 2. The van der Waals surface area contributed by atoms with E-state index in [9.17, 15) is 19.5 Å². The van der Waals surface area contributed by atoms with Gasteiger partial charge in [0.05, 0.1) is 0 Å². The molecule has 9 heteroatoms. The van der Waals surface area contributed by atoms with Crippen LogP contribution in [0.3, 0.4) is 0 Å². The Bertz CT molecular complexity index is 1100. The van der Waals surface area contributed by atoms with Crippen LogP contribution in [0.2, 0.25) is 0 Å². The van der Waals surface area contributed by atoms with Gasteiger partial charge < -0.3 is 25.4 Å². The number of amides is 3. The number of hydrogen-bond donors (Lipinski definition) is 3. The Morgan fingerprint density at radius 2 is 1.70 bits per heavy atom. The van der Waals surface area contributed by atoms with Crippen LogP contribution < -0.4 is 10.6 Å². The molecule has 2 atom stereocenters. The summed E-state index contributed by atoms with van der Waals surface area (Å²) in [4.78, 5) is 41.6. The number of phenolic OH excluding ortho intramolecular Hbond substituents is 1. The lowest BCUT2D eigenvalue weighted by molar-refractivity contribution is -0.140. The van der Waals surface area contributed by atoms with E-state index in [1.165, 1.54) is 4.90 Å². The standard InChI is InChI=1S/C28H39N3O5S/c1-8-31(26(34)22(16-17-37-7)30-27(35)36-28(4,5)6)23(20-14-11-13-19(3)24(20)32)25(33)29-21-15-10-9-12-18(21)2/h9-15,22-23,32H,8,16-17H2,1-7H3,(H,29,33)(H,30,35). The van der Waals surface area contributed by atoms with Crippen molar-refractivity contribution in [2.45, 2.75) is 65.6 Å². The van der Waals surface area contributed by atoms with Crippen LogP contribution in [-0.2, 0) is 14.3 Å². The van der Waals surface area contributed by atoms with Gasteiger partial charge in [-0.05, 0) is 77.2 Å². The number of thioether (sulfide) groups is 1. The highest BCUT2D eigenvalue weighted by atomic mass is 32.2. The molecule has 2 aromatic carbocycles. The van der Waals surface area contributed by atoms with Gasteiger partial charge in [-0.25, -0.2) is 4.79 Å². The van der Waals surface area contributed by atoms with E-state index in [-0.39, 0.29) is 12.3 Å². The maximum atomic E-state index is 13.9. The average molecular weight is 530 g/mol. The number of carbonyl (C=O) groups excluding carboxylic acids is 3. The normalized spacial score (nSPS) is 12.8. The SMILES string of the molecule is CCN(C(=O)C(CCSC)NC(=O)OC(C)(C)C)C(C(=O)Nc1ccccc1C)c1cccc(C)c1O. The fraction of sp³-hybridized carbons (Fsp3) is 0.464. The fourth-order valence-electron chi connectivity index (χ4n) is 3.88. The number of nitrogens with zero attached hydrogens (tertiary/aromatic N) is 1. The smallest absolute Gasteiger partial charge is 0.408 e. The predicted molar refractivity (Wildman–Crippen MR) is 149 cm³/mol. The monoisotopic (exact) mass is 529 g/mol. The number of carbonyl (C=O) groups is 3. The van der Waals surface area contributed by atoms with Crippen molar-refractivity contribution >= 4 is 35.4 Å². The second-order valence-corrected chi connectivity index (χ2v) is 10.8. The molecule has 0 spiro atoms. The number of hydrogen-bond acceptors (Lipinski definition) is 6. The first-order valence-corrected chi connectivity index (χ1v) is 13.7. The quantitative estimate of drug-likeness (QED) is 0.391. The zero-order valence-corrected chi connectivity index (χ0v) is 23.6. The molecule has 3 N–H and O–H groups in total. The molecule has 2 rings (SSSR count). The number of phenols is 1. The molecule has 0 aliphatic rings. The van der Waals surface area contributed by atoms with Gasteiger partial charge in [-0.2, -0.15) is 11.8 Å². The molecule has 0 heterocycles. The average Bonchev–Trinajstić information content (AvgIpc) is 2.82. The van der Waals surface area contributed by atoms with Gasteiger partial charge in [0, 0.05) is 17.8 Å². The lowest BCUT2D eigenvalue weighted by Gasteiger charge is -2.34. The molecule has 2 aromatic rings. The summed E-state index contributed by atoms with van der Waals surface area (Å²) in [5.74, 6) is -0.349. The van der Waals surface area contributed by atoms with Gasteiger partial charge in [0.2, 0.25) is 5.91 Å². The number of benzene rings is 2. The zero-order chi connectivity index (χ0) is 27.8. The summed E-state index contributed by atoms with van der Waals surface area (Å²) in [5, 5.41) is 16.5. The van der Waals surface area contributed by atoms with Crippen molar-refractivity contribution in [1.29, 1.82) is 0 Å². The van der Waals surface area contributed by atoms with E-state index >= 15 is 0 Å². The molecule has 3 amide bonds. The van der Waals surface area contributed by atoms with Crippen LogP contribution in [0.15, 0.2) is 42.5 Å². The molecule has 0 saturated carbocycles. The van der Waals surface area contributed by atoms with E-state index < -0.39 is 35.6 Å². The van der Waals surface area contributed by atoms with Crippen molar-refractivity contribution in [3.05, 3.63) is 59.2 Å². The first kappa shape index (κ1) is 30.0. The van der Waals surface area contributed by atoms with Crippen LogP contribution in [0.1, 0.15) is 56.8 Å². The topological polar surface area (TPSA) is 108 Å². The summed E-state index contributed by atoms with van der Waals surface area (Å²) < 4.78 is 5.38. The Kier molecular flexibility index (Phi) is 10.9. The number of anilines is 1. The van der Waals surface area contributed by atoms with E-state index in [0.717, 1.165) is 5.56 Å². The van der Waals surface area contributed by atoms with Gasteiger partial charge in [-0.3, -0.25) is 9.59 Å². The Labute approximate surface area is 224 Å². The van der Waals surface area contributed by atoms with E-state index in [1.54, 1.807) is 70.6 Å². The van der Waals surface area contributed by atoms with Crippen molar-refractivity contribution < 1.29 is 24.2 Å². The maximum absolute atomic E-state index is 13.9. The first-order chi connectivity index (χ1) is 17.4. The zero-order valence-electron chi connectivity index (χ0n) is 22.8. The fourth-order valence-corrected chi connectivity index (χ4v) is 4.35. The largest absolute Gasteiger partial charge is 0.507 e. The van der Waals surface area contributed by atoms with Crippen molar-refractivity contribution in [1.82, 2.24) is 10.2 Å². The van der Waals surface area contributed by atoms with Crippen LogP contribution in [0, 0.1) is 13.8 Å². The third kappa shape index (κ3) is 8.42. The summed E-state index contributed by atoms with van der Waals surface area (Å²) in [5.41, 5.74) is 1.63. The van der Waals surface area contributed by atoms with Gasteiger partial charge in [0.1, 0.15) is 23.4 Å². The molecular weight excluding hydrogens is 490 g/mol. The minimum atomic E-state index is -1.13. The van der Waals surface area contributed by atoms with Crippen LogP contribution in [-0.4, -0.2) is 58.1 Å². The lowest BCUT2D eigenvalue weighted by Crippen LogP contribution is -2.52. The highest BCUT2D eigenvalue weighted by Gasteiger charge is 2.37. The molecule has 0 aliphatic heterocycles. The molecule has 8 nitrogen and oxygen atoms in total. The molecule has 2 unspecified atom stereocenters. The molecule has 202 valence electrons. The summed E-state index contributed by atoms with van der Waals surface area (Å²) in [6.45, 7) is 10.8. The van der Waals surface area contributed by atoms with E-state index in [4.69, 9.17) is 4.74 Å². The summed E-state index contributed by atoms with van der Waals surface area (Å²) in [7, 11) is 0. The van der Waals surface area contributed by atoms with Crippen LogP contribution in [0.5, 0.6) is 5.75 Å². The number of ether oxygens (including phenoxy) is 1. The highest BCUT2D eigenvalue weighted by Crippen LogP contribution is 2.33. The van der Waals surface area contributed by atoms with E-state index in [2.05, 4.69) is 10.6 Å². The molecule has 0 saturated heterocycles. The second-order valence-electron chi connectivity index (χ2n) is 9.82. The molecule has 0 aromatic heterocycles. The Morgan fingerprint density at radius 3 is 2.30 bits per heavy atom. The van der Waals surface area contributed by atoms with E-state index in [0.29, 0.717) is 29.0 Å². The van der Waals surface area contributed by atoms with Gasteiger partial charge in [0.15, 0.2) is 0 Å². The molecule has 0 radical (unpaired) electrons. The number of alkyl carbamates (subject to hydrolysis) is 1. The van der Waals surface area contributed by atoms with Crippen LogP contribution in [0.25, 0.3) is 0 Å². The second kappa shape index (κ2) is 13.4. The number of rotatable bonds is 10. The number of nitrogens with one attached hydrogen (secondary N) is 2. The predicted octanol–water partition coefficient (Wildman–Crippen LogP) is 5.18. The maximum Gasteiger partial charge on any atom is 0.408 e. The van der Waals surface area contributed by atoms with Crippen LogP contribution in [0.4, 0.5) is 10.5 Å². The summed E-state index contributed by atoms with van der Waals surface area (Å²) in [6.07, 6.45) is 1.56.